The summed E-state index contributed by atoms with van der Waals surface area (Å²) in [4.78, 5) is 0. The molecule has 0 aromatic carbocycles. The molecule has 0 rings (SSSR count). The number of hydrogen-bond donors (Lipinski definition) is 0. The van der Waals surface area contributed by atoms with Crippen LogP contribution in [0.5, 0.6) is 0 Å². The third-order valence-corrected chi connectivity index (χ3v) is 8.39. The average molecular weight is 225 g/mol. The first-order valence-electron chi connectivity index (χ1n) is 4.55. The Kier molecular flexibility index (Phi) is 3.50. The Morgan fingerprint density at radius 3 is 1.23 bits per heavy atom. The predicted molar refractivity (Wildman–Crippen MR) is 58.8 cm³/mol. The lowest BCUT2D eigenvalue weighted by molar-refractivity contribution is 0.295. The van der Waals surface area contributed by atoms with Gasteiger partial charge in [-0.2, -0.15) is 0 Å². The second kappa shape index (κ2) is 3.44. The molecule has 0 heterocycles. The fourth-order valence-corrected chi connectivity index (χ4v) is 10.1. The van der Waals surface area contributed by atoms with Crippen molar-refractivity contribution < 1.29 is 8.22 Å². The fraction of sp³-hybridized carbons (Fsp3) is 1.00. The first-order valence-corrected chi connectivity index (χ1v) is 10.2. The minimum Gasteiger partial charge on any atom is -0.291 e. The maximum absolute atomic E-state index is 13.5. The fourth-order valence-electron chi connectivity index (χ4n) is 2.18. The minimum absolute atomic E-state index is 0.408. The van der Waals surface area contributed by atoms with Gasteiger partial charge in [-0.25, -0.2) is 0 Å². The third kappa shape index (κ3) is 3.87. The van der Waals surface area contributed by atoms with E-state index in [1.54, 1.807) is 0 Å². The van der Waals surface area contributed by atoms with Crippen LogP contribution in [0.2, 0.25) is 26.2 Å². The van der Waals surface area contributed by atoms with E-state index in [0.29, 0.717) is 0 Å². The van der Waals surface area contributed by atoms with E-state index in [2.05, 4.69) is 0 Å². The topological polar surface area (TPSA) is 3.24 Å². The first-order chi connectivity index (χ1) is 5.37. The zero-order valence-electron chi connectivity index (χ0n) is 9.70. The molecule has 0 aromatic rings. The minimum atomic E-state index is -4.16. The second-order valence-electron chi connectivity index (χ2n) is 5.52. The molecule has 0 spiro atoms. The van der Waals surface area contributed by atoms with Crippen molar-refractivity contribution >= 4 is 17.1 Å². The van der Waals surface area contributed by atoms with E-state index in [9.17, 15) is 8.22 Å². The lowest BCUT2D eigenvalue weighted by atomic mass is 10.1. The molecule has 1 nitrogen and oxygen atoms in total. The van der Waals surface area contributed by atoms with Gasteiger partial charge in [0.2, 0.25) is 0 Å². The van der Waals surface area contributed by atoms with Gasteiger partial charge in [-0.15, -0.1) is 0 Å². The van der Waals surface area contributed by atoms with Crippen molar-refractivity contribution in [3.8, 4) is 0 Å². The lowest BCUT2D eigenvalue weighted by Crippen LogP contribution is -2.65. The Hall–Kier alpha value is 0.254. The smallest absolute Gasteiger partial charge is 0.291 e. The van der Waals surface area contributed by atoms with Gasteiger partial charge in [0, 0.05) is 12.1 Å². The summed E-state index contributed by atoms with van der Waals surface area (Å²) in [6, 6.07) is 0. The summed E-state index contributed by atoms with van der Waals surface area (Å²) >= 11 is 0. The zero-order valence-corrected chi connectivity index (χ0v) is 11.7. The summed E-state index contributed by atoms with van der Waals surface area (Å²) < 4.78 is 28.5. The van der Waals surface area contributed by atoms with Crippen LogP contribution in [0.1, 0.15) is 20.8 Å². The molecule has 0 amide bonds. The maximum Gasteiger partial charge on any atom is 0.498 e. The van der Waals surface area contributed by atoms with Crippen LogP contribution < -0.4 is 0 Å². The van der Waals surface area contributed by atoms with Crippen molar-refractivity contribution in [1.82, 2.24) is 4.23 Å². The molecular weight excluding hydrogens is 204 g/mol. The molecule has 0 atom stereocenters. The van der Waals surface area contributed by atoms with E-state index in [-0.39, 0.29) is 0 Å². The molecule has 0 N–H and O–H groups in total. The van der Waals surface area contributed by atoms with Crippen LogP contribution in [-0.2, 0) is 0 Å². The van der Waals surface area contributed by atoms with Gasteiger partial charge >= 0.3 is 8.90 Å². The van der Waals surface area contributed by atoms with E-state index < -0.39 is 22.7 Å². The molecule has 0 bridgehead atoms. The van der Waals surface area contributed by atoms with Gasteiger partial charge in [0.05, 0.1) is 0 Å². The molecule has 0 aliphatic carbocycles. The van der Waals surface area contributed by atoms with Crippen molar-refractivity contribution in [2.24, 2.45) is 0 Å². The van der Waals surface area contributed by atoms with Crippen LogP contribution in [0, 0.1) is 0 Å². The molecule has 0 unspecified atom stereocenters. The summed E-state index contributed by atoms with van der Waals surface area (Å²) in [7, 11) is -6.07. The Morgan fingerprint density at radius 2 is 1.23 bits per heavy atom. The molecule has 0 aliphatic rings. The van der Waals surface area contributed by atoms with Gasteiger partial charge in [-0.05, 0) is 20.8 Å². The predicted octanol–water partition coefficient (Wildman–Crippen LogP) is 3.43. The van der Waals surface area contributed by atoms with E-state index in [4.69, 9.17) is 0 Å². The highest BCUT2D eigenvalue weighted by Crippen LogP contribution is 2.30. The van der Waals surface area contributed by atoms with E-state index in [1.807, 2.05) is 40.4 Å². The van der Waals surface area contributed by atoms with E-state index in [0.717, 1.165) is 6.55 Å². The molecular formula is C8H21F2NSi2. The highest BCUT2D eigenvalue weighted by atomic mass is 28.5. The number of hydrogen-bond acceptors (Lipinski definition) is 1. The Bertz CT molecular complexity index is 143. The molecule has 5 heteroatoms. The van der Waals surface area contributed by atoms with Crippen LogP contribution >= 0.6 is 0 Å². The summed E-state index contributed by atoms with van der Waals surface area (Å²) in [5.41, 5.74) is -0.408. The highest BCUT2D eigenvalue weighted by Gasteiger charge is 2.49. The standard InChI is InChI=1S/C8H21F2NSi2/c1-8(2,3)11(12(4,5)6)13(7,9)10/h1-7H3. The van der Waals surface area contributed by atoms with Gasteiger partial charge in [0.25, 0.3) is 0 Å². The molecule has 0 aromatic heterocycles. The van der Waals surface area contributed by atoms with Crippen molar-refractivity contribution in [3.05, 3.63) is 0 Å². The SMILES string of the molecule is CC(C)(C)N([Si](C)(C)C)[Si](C)(F)F. The van der Waals surface area contributed by atoms with Crippen LogP contribution in [0.25, 0.3) is 0 Å². The van der Waals surface area contributed by atoms with Crippen LogP contribution in [0.3, 0.4) is 0 Å². The van der Waals surface area contributed by atoms with Crippen molar-refractivity contribution in [1.29, 1.82) is 0 Å². The van der Waals surface area contributed by atoms with Crippen molar-refractivity contribution in [2.45, 2.75) is 52.5 Å². The Balaban J connectivity index is 5.02. The number of halogens is 2. The van der Waals surface area contributed by atoms with Crippen molar-refractivity contribution in [2.75, 3.05) is 0 Å². The number of rotatable bonds is 2. The van der Waals surface area contributed by atoms with Crippen LogP contribution in [-0.4, -0.2) is 26.9 Å². The summed E-state index contributed by atoms with van der Waals surface area (Å²) in [5.74, 6) is 0. The van der Waals surface area contributed by atoms with E-state index in [1.165, 1.54) is 4.23 Å². The van der Waals surface area contributed by atoms with Crippen LogP contribution in [0.15, 0.2) is 0 Å². The monoisotopic (exact) mass is 225 g/mol. The van der Waals surface area contributed by atoms with Gasteiger partial charge in [0.1, 0.15) is 8.24 Å². The molecule has 13 heavy (non-hydrogen) atoms. The molecule has 80 valence electrons. The summed E-state index contributed by atoms with van der Waals surface area (Å²) in [6.07, 6.45) is 0. The molecule has 0 saturated carbocycles. The second-order valence-corrected chi connectivity index (χ2v) is 12.9. The summed E-state index contributed by atoms with van der Waals surface area (Å²) in [5, 5.41) is 0. The van der Waals surface area contributed by atoms with Crippen LogP contribution in [0.4, 0.5) is 8.22 Å². The first kappa shape index (κ1) is 13.3. The van der Waals surface area contributed by atoms with Crippen molar-refractivity contribution in [3.63, 3.8) is 0 Å². The maximum atomic E-state index is 13.5. The average Bonchev–Trinajstić information content (AvgIpc) is 1.44. The highest BCUT2D eigenvalue weighted by molar-refractivity contribution is 6.85. The molecule has 0 saturated heterocycles. The zero-order chi connectivity index (χ0) is 11.1. The molecule has 0 aliphatic heterocycles. The normalized spacial score (nSPS) is 15.2. The molecule has 0 fully saturated rings. The van der Waals surface area contributed by atoms with Gasteiger partial charge in [0.15, 0.2) is 0 Å². The Morgan fingerprint density at radius 1 is 0.923 bits per heavy atom. The van der Waals surface area contributed by atoms with E-state index >= 15 is 0 Å². The number of nitrogens with zero attached hydrogens (tertiary/aromatic N) is 1. The molecule has 0 radical (unpaired) electrons. The lowest BCUT2D eigenvalue weighted by Gasteiger charge is -2.46. The quantitative estimate of drug-likeness (QED) is 0.514. The summed E-state index contributed by atoms with van der Waals surface area (Å²) in [6.45, 7) is 12.7. The Labute approximate surface area is 82.7 Å². The van der Waals surface area contributed by atoms with Gasteiger partial charge in [-0.3, -0.25) is 12.4 Å². The largest absolute Gasteiger partial charge is 0.498 e. The van der Waals surface area contributed by atoms with Gasteiger partial charge in [-0.1, -0.05) is 19.6 Å². The third-order valence-electron chi connectivity index (χ3n) is 1.73. The van der Waals surface area contributed by atoms with Gasteiger partial charge < -0.3 is 0 Å².